The van der Waals surface area contributed by atoms with Crippen LogP contribution in [0.3, 0.4) is 0 Å². The van der Waals surface area contributed by atoms with Gasteiger partial charge in [-0.1, -0.05) is 30.3 Å². The quantitative estimate of drug-likeness (QED) is 0.593. The highest BCUT2D eigenvalue weighted by molar-refractivity contribution is 8.18. The van der Waals surface area contributed by atoms with E-state index in [0.29, 0.717) is 15.5 Å². The molecular weight excluding hydrogens is 382 g/mol. The van der Waals surface area contributed by atoms with E-state index < -0.39 is 0 Å². The number of nitrogens with zero attached hydrogens (tertiary/aromatic N) is 2. The third kappa shape index (κ3) is 4.58. The number of carbonyl (C=O) groups excluding carboxylic acids is 3. The number of thioether (sulfide) groups is 2. The molecule has 138 valence electrons. The third-order valence-electron chi connectivity index (χ3n) is 3.80. The number of rotatable bonds is 6. The molecule has 1 N–H and O–H groups in total. The van der Waals surface area contributed by atoms with Crippen LogP contribution in [0.25, 0.3) is 6.08 Å². The van der Waals surface area contributed by atoms with Crippen molar-refractivity contribution in [1.82, 2.24) is 15.2 Å². The van der Waals surface area contributed by atoms with Gasteiger partial charge in [0.1, 0.15) is 5.03 Å². The maximum Gasteiger partial charge on any atom is 0.293 e. The Morgan fingerprint density at radius 3 is 2.74 bits per heavy atom. The first kappa shape index (κ1) is 19.2. The zero-order valence-electron chi connectivity index (χ0n) is 14.5. The van der Waals surface area contributed by atoms with Crippen LogP contribution < -0.4 is 5.32 Å². The number of nitrogens with one attached hydrogen (secondary N) is 1. The summed E-state index contributed by atoms with van der Waals surface area (Å²) in [5.74, 6) is -0.617. The zero-order valence-corrected chi connectivity index (χ0v) is 16.2. The molecule has 0 atom stereocenters. The van der Waals surface area contributed by atoms with Gasteiger partial charge in [-0.25, -0.2) is 4.98 Å². The molecule has 6 nitrogen and oxygen atoms in total. The van der Waals surface area contributed by atoms with Crippen molar-refractivity contribution in [3.63, 3.8) is 0 Å². The fourth-order valence-corrected chi connectivity index (χ4v) is 3.91. The molecule has 1 saturated heterocycles. The van der Waals surface area contributed by atoms with Gasteiger partial charge in [-0.3, -0.25) is 19.3 Å². The fraction of sp³-hybridized carbons (Fsp3) is 0.158. The second-order valence-corrected chi connectivity index (χ2v) is 7.35. The van der Waals surface area contributed by atoms with Crippen molar-refractivity contribution in [3.05, 3.63) is 64.7 Å². The van der Waals surface area contributed by atoms with E-state index in [1.165, 1.54) is 11.8 Å². The number of pyridine rings is 1. The summed E-state index contributed by atoms with van der Waals surface area (Å²) in [6, 6.07) is 12.7. The minimum absolute atomic E-state index is 0.122. The second-order valence-electron chi connectivity index (χ2n) is 5.56. The van der Waals surface area contributed by atoms with E-state index in [2.05, 4.69) is 10.3 Å². The summed E-state index contributed by atoms with van der Waals surface area (Å²) in [7, 11) is 0. The van der Waals surface area contributed by atoms with Crippen LogP contribution >= 0.6 is 23.5 Å². The highest BCUT2D eigenvalue weighted by Crippen LogP contribution is 2.31. The molecule has 1 fully saturated rings. The SMILES string of the molecule is CSc1ncccc1C(=O)NCCN1C(=O)S/C(=C\c2ccccc2)C1=O. The highest BCUT2D eigenvalue weighted by atomic mass is 32.2. The van der Waals surface area contributed by atoms with Crippen LogP contribution in [0.1, 0.15) is 15.9 Å². The third-order valence-corrected chi connectivity index (χ3v) is 5.42. The van der Waals surface area contributed by atoms with Crippen molar-refractivity contribution in [3.8, 4) is 0 Å². The fourth-order valence-electron chi connectivity index (χ4n) is 2.50. The molecular formula is C19H17N3O3S2. The van der Waals surface area contributed by atoms with Crippen molar-refractivity contribution < 1.29 is 14.4 Å². The first-order valence-electron chi connectivity index (χ1n) is 8.18. The molecule has 0 saturated carbocycles. The second kappa shape index (κ2) is 8.88. The standard InChI is InChI=1S/C19H17N3O3S2/c1-26-17-14(8-5-9-21-17)16(23)20-10-11-22-18(24)15(27-19(22)25)12-13-6-3-2-4-7-13/h2-9,12H,10-11H2,1H3,(H,20,23)/b15-12-. The van der Waals surface area contributed by atoms with E-state index >= 15 is 0 Å². The molecule has 0 aliphatic carbocycles. The first-order chi connectivity index (χ1) is 13.1. The average Bonchev–Trinajstić information content (AvgIpc) is 2.96. The molecule has 1 aromatic heterocycles. The number of hydrogen-bond donors (Lipinski definition) is 1. The summed E-state index contributed by atoms with van der Waals surface area (Å²) >= 11 is 2.29. The highest BCUT2D eigenvalue weighted by Gasteiger charge is 2.34. The molecule has 0 spiro atoms. The van der Waals surface area contributed by atoms with Crippen molar-refractivity contribution in [1.29, 1.82) is 0 Å². The lowest BCUT2D eigenvalue weighted by molar-refractivity contribution is -0.122. The van der Waals surface area contributed by atoms with Crippen LogP contribution in [0.2, 0.25) is 0 Å². The molecule has 2 aromatic rings. The average molecular weight is 399 g/mol. The van der Waals surface area contributed by atoms with E-state index in [-0.39, 0.29) is 30.1 Å². The van der Waals surface area contributed by atoms with Gasteiger partial charge in [-0.05, 0) is 41.8 Å². The molecule has 0 radical (unpaired) electrons. The van der Waals surface area contributed by atoms with Gasteiger partial charge >= 0.3 is 0 Å². The molecule has 3 amide bonds. The number of benzene rings is 1. The molecule has 1 aromatic carbocycles. The lowest BCUT2D eigenvalue weighted by Gasteiger charge is -2.13. The minimum Gasteiger partial charge on any atom is -0.350 e. The summed E-state index contributed by atoms with van der Waals surface area (Å²) in [6.07, 6.45) is 5.17. The van der Waals surface area contributed by atoms with Gasteiger partial charge in [0.15, 0.2) is 0 Å². The largest absolute Gasteiger partial charge is 0.350 e. The van der Waals surface area contributed by atoms with Gasteiger partial charge in [-0.2, -0.15) is 0 Å². The molecule has 1 aliphatic rings. The number of carbonyl (C=O) groups is 3. The van der Waals surface area contributed by atoms with E-state index in [1.807, 2.05) is 36.6 Å². The lowest BCUT2D eigenvalue weighted by atomic mass is 10.2. The number of amides is 3. The Morgan fingerprint density at radius 1 is 1.22 bits per heavy atom. The van der Waals surface area contributed by atoms with Gasteiger partial charge in [0.25, 0.3) is 17.1 Å². The van der Waals surface area contributed by atoms with Crippen LogP contribution in [0, 0.1) is 0 Å². The predicted molar refractivity (Wildman–Crippen MR) is 107 cm³/mol. The Morgan fingerprint density at radius 2 is 2.00 bits per heavy atom. The maximum absolute atomic E-state index is 12.5. The molecule has 3 rings (SSSR count). The molecule has 0 unspecified atom stereocenters. The van der Waals surface area contributed by atoms with Gasteiger partial charge in [0.05, 0.1) is 10.5 Å². The molecule has 0 bridgehead atoms. The Hall–Kier alpha value is -2.58. The molecule has 8 heteroatoms. The molecule has 1 aliphatic heterocycles. The maximum atomic E-state index is 12.5. The van der Waals surface area contributed by atoms with Crippen molar-refractivity contribution in [2.24, 2.45) is 0 Å². The first-order valence-corrected chi connectivity index (χ1v) is 10.2. The van der Waals surface area contributed by atoms with Crippen LogP contribution in [0.5, 0.6) is 0 Å². The van der Waals surface area contributed by atoms with Gasteiger partial charge < -0.3 is 5.32 Å². The molecule has 27 heavy (non-hydrogen) atoms. The normalized spacial score (nSPS) is 15.4. The van der Waals surface area contributed by atoms with Crippen LogP contribution in [-0.2, 0) is 4.79 Å². The minimum atomic E-state index is -0.339. The van der Waals surface area contributed by atoms with Crippen molar-refractivity contribution >= 4 is 46.7 Å². The van der Waals surface area contributed by atoms with Crippen LogP contribution in [-0.4, -0.2) is 46.3 Å². The van der Waals surface area contributed by atoms with Gasteiger partial charge in [0, 0.05) is 19.3 Å². The van der Waals surface area contributed by atoms with Crippen LogP contribution in [0.15, 0.2) is 58.6 Å². The topological polar surface area (TPSA) is 79.4 Å². The Kier molecular flexibility index (Phi) is 6.31. The Bertz CT molecular complexity index is 900. The van der Waals surface area contributed by atoms with Gasteiger partial charge in [-0.15, -0.1) is 11.8 Å². The smallest absolute Gasteiger partial charge is 0.293 e. The summed E-state index contributed by atoms with van der Waals surface area (Å²) in [4.78, 5) is 42.6. The van der Waals surface area contributed by atoms with E-state index in [0.717, 1.165) is 22.2 Å². The number of hydrogen-bond acceptors (Lipinski definition) is 6. The number of imide groups is 1. The summed E-state index contributed by atoms with van der Waals surface area (Å²) in [5, 5.41) is 3.04. The summed E-state index contributed by atoms with van der Waals surface area (Å²) in [5.41, 5.74) is 1.33. The van der Waals surface area contributed by atoms with Crippen LogP contribution in [0.4, 0.5) is 4.79 Å². The Labute approximate surface area is 165 Å². The molecule has 2 heterocycles. The lowest BCUT2D eigenvalue weighted by Crippen LogP contribution is -2.37. The Balaban J connectivity index is 1.60. The predicted octanol–water partition coefficient (Wildman–Crippen LogP) is 3.27. The summed E-state index contributed by atoms with van der Waals surface area (Å²) in [6.45, 7) is 0.301. The summed E-state index contributed by atoms with van der Waals surface area (Å²) < 4.78 is 0. The van der Waals surface area contributed by atoms with E-state index in [1.54, 1.807) is 24.4 Å². The van der Waals surface area contributed by atoms with Gasteiger partial charge in [0.2, 0.25) is 0 Å². The van der Waals surface area contributed by atoms with E-state index in [4.69, 9.17) is 0 Å². The van der Waals surface area contributed by atoms with E-state index in [9.17, 15) is 14.4 Å². The van der Waals surface area contributed by atoms with Crippen molar-refractivity contribution in [2.75, 3.05) is 19.3 Å². The van der Waals surface area contributed by atoms with Crippen molar-refractivity contribution in [2.45, 2.75) is 5.03 Å². The monoisotopic (exact) mass is 399 g/mol. The zero-order chi connectivity index (χ0) is 19.2. The number of aromatic nitrogens is 1.